The van der Waals surface area contributed by atoms with Crippen molar-refractivity contribution in [3.05, 3.63) is 16.1 Å². The van der Waals surface area contributed by atoms with Gasteiger partial charge in [0.1, 0.15) is 11.6 Å². The van der Waals surface area contributed by atoms with Gasteiger partial charge >= 0.3 is 5.97 Å². The Morgan fingerprint density at radius 1 is 1.65 bits per heavy atom. The van der Waals surface area contributed by atoms with E-state index >= 15 is 0 Å². The standard InChI is InChI=1S/C10H13FN2O3S/c1-2-3-8-12-5-7(17-8)9(14)13-6(4-11)10(15)16/h5-6H,2-4H2,1H3,(H,13,14)(H,15,16). The van der Waals surface area contributed by atoms with Gasteiger partial charge < -0.3 is 10.4 Å². The lowest BCUT2D eigenvalue weighted by Gasteiger charge is -2.08. The molecular formula is C10H13FN2O3S. The van der Waals surface area contributed by atoms with E-state index in [1.807, 2.05) is 6.92 Å². The highest BCUT2D eigenvalue weighted by atomic mass is 32.1. The van der Waals surface area contributed by atoms with E-state index in [1.165, 1.54) is 17.5 Å². The minimum absolute atomic E-state index is 0.299. The molecule has 17 heavy (non-hydrogen) atoms. The Morgan fingerprint density at radius 3 is 2.88 bits per heavy atom. The molecule has 1 atom stereocenters. The van der Waals surface area contributed by atoms with Crippen LogP contribution in [0.3, 0.4) is 0 Å². The van der Waals surface area contributed by atoms with Crippen LogP contribution in [-0.2, 0) is 11.2 Å². The molecule has 5 nitrogen and oxygen atoms in total. The van der Waals surface area contributed by atoms with Gasteiger partial charge in [-0.2, -0.15) is 0 Å². The number of nitrogens with zero attached hydrogens (tertiary/aromatic N) is 1. The van der Waals surface area contributed by atoms with Crippen LogP contribution < -0.4 is 5.32 Å². The molecular weight excluding hydrogens is 247 g/mol. The fourth-order valence-corrected chi connectivity index (χ4v) is 2.06. The van der Waals surface area contributed by atoms with Gasteiger partial charge in [0, 0.05) is 0 Å². The van der Waals surface area contributed by atoms with E-state index in [1.54, 1.807) is 0 Å². The number of aliphatic carboxylic acids is 1. The quantitative estimate of drug-likeness (QED) is 0.806. The summed E-state index contributed by atoms with van der Waals surface area (Å²) in [7, 11) is 0. The van der Waals surface area contributed by atoms with Crippen LogP contribution in [0, 0.1) is 0 Å². The first kappa shape index (κ1) is 13.6. The Bertz CT molecular complexity index is 408. The van der Waals surface area contributed by atoms with Gasteiger partial charge in [0.2, 0.25) is 0 Å². The first-order valence-corrected chi connectivity index (χ1v) is 5.94. The molecule has 94 valence electrons. The smallest absolute Gasteiger partial charge is 0.328 e. The van der Waals surface area contributed by atoms with Crippen molar-refractivity contribution in [3.63, 3.8) is 0 Å². The number of amides is 1. The molecule has 1 aromatic rings. The summed E-state index contributed by atoms with van der Waals surface area (Å²) in [6, 6.07) is -1.50. The summed E-state index contributed by atoms with van der Waals surface area (Å²) in [5, 5.41) is 11.5. The van der Waals surface area contributed by atoms with Crippen molar-refractivity contribution >= 4 is 23.2 Å². The van der Waals surface area contributed by atoms with E-state index in [-0.39, 0.29) is 0 Å². The van der Waals surface area contributed by atoms with Crippen molar-refractivity contribution in [2.24, 2.45) is 0 Å². The summed E-state index contributed by atoms with van der Waals surface area (Å²) in [5.41, 5.74) is 0. The number of hydrogen-bond donors (Lipinski definition) is 2. The molecule has 1 unspecified atom stereocenters. The Balaban J connectivity index is 2.65. The van der Waals surface area contributed by atoms with Crippen LogP contribution in [0.25, 0.3) is 0 Å². The lowest BCUT2D eigenvalue weighted by molar-refractivity contribution is -0.139. The molecule has 0 aliphatic rings. The second-order valence-corrected chi connectivity index (χ2v) is 4.50. The summed E-state index contributed by atoms with van der Waals surface area (Å²) in [5.74, 6) is -1.99. The van der Waals surface area contributed by atoms with E-state index in [2.05, 4.69) is 10.3 Å². The van der Waals surface area contributed by atoms with E-state index in [9.17, 15) is 14.0 Å². The summed E-state index contributed by atoms with van der Waals surface area (Å²) in [4.78, 5) is 26.4. The van der Waals surface area contributed by atoms with Crippen molar-refractivity contribution in [2.75, 3.05) is 6.67 Å². The summed E-state index contributed by atoms with van der Waals surface area (Å²) >= 11 is 1.19. The fraction of sp³-hybridized carbons (Fsp3) is 0.500. The van der Waals surface area contributed by atoms with Crippen molar-refractivity contribution < 1.29 is 19.1 Å². The maximum Gasteiger partial charge on any atom is 0.328 e. The molecule has 0 spiro atoms. The first-order valence-electron chi connectivity index (χ1n) is 5.12. The van der Waals surface area contributed by atoms with Crippen LogP contribution in [0.15, 0.2) is 6.20 Å². The van der Waals surface area contributed by atoms with Crippen LogP contribution in [-0.4, -0.2) is 34.7 Å². The summed E-state index contributed by atoms with van der Waals surface area (Å²) < 4.78 is 12.3. The van der Waals surface area contributed by atoms with Gasteiger partial charge in [-0.15, -0.1) is 11.3 Å². The third-order valence-corrected chi connectivity index (χ3v) is 3.05. The van der Waals surface area contributed by atoms with Crippen LogP contribution in [0.2, 0.25) is 0 Å². The van der Waals surface area contributed by atoms with Crippen molar-refractivity contribution in [1.82, 2.24) is 10.3 Å². The molecule has 0 radical (unpaired) electrons. The molecule has 1 rings (SSSR count). The van der Waals surface area contributed by atoms with E-state index < -0.39 is 24.6 Å². The Hall–Kier alpha value is -1.50. The lowest BCUT2D eigenvalue weighted by Crippen LogP contribution is -2.42. The van der Waals surface area contributed by atoms with Crippen molar-refractivity contribution in [2.45, 2.75) is 25.8 Å². The van der Waals surface area contributed by atoms with E-state index in [0.717, 1.165) is 17.8 Å². The molecule has 0 fully saturated rings. The molecule has 0 aromatic carbocycles. The number of rotatable bonds is 6. The highest BCUT2D eigenvalue weighted by Crippen LogP contribution is 2.14. The maximum atomic E-state index is 12.3. The zero-order valence-electron chi connectivity index (χ0n) is 9.27. The second kappa shape index (κ2) is 6.29. The number of alkyl halides is 1. The van der Waals surface area contributed by atoms with E-state index in [0.29, 0.717) is 4.88 Å². The molecule has 0 aliphatic carbocycles. The third kappa shape index (κ3) is 3.77. The SMILES string of the molecule is CCCc1ncc(C(=O)NC(CF)C(=O)O)s1. The molecule has 2 N–H and O–H groups in total. The predicted octanol–water partition coefficient (Wildman–Crippen LogP) is 1.25. The zero-order chi connectivity index (χ0) is 12.8. The van der Waals surface area contributed by atoms with Crippen molar-refractivity contribution in [1.29, 1.82) is 0 Å². The van der Waals surface area contributed by atoms with Gasteiger partial charge in [-0.3, -0.25) is 4.79 Å². The normalized spacial score (nSPS) is 12.1. The van der Waals surface area contributed by atoms with Gasteiger partial charge in [0.15, 0.2) is 6.04 Å². The maximum absolute atomic E-state index is 12.3. The van der Waals surface area contributed by atoms with Crippen LogP contribution in [0.5, 0.6) is 0 Å². The molecule has 0 aliphatic heterocycles. The topological polar surface area (TPSA) is 79.3 Å². The summed E-state index contributed by atoms with van der Waals surface area (Å²) in [6.07, 6.45) is 3.06. The fourth-order valence-electron chi connectivity index (χ4n) is 1.14. The molecule has 0 saturated heterocycles. The van der Waals surface area contributed by atoms with E-state index in [4.69, 9.17) is 5.11 Å². The number of carbonyl (C=O) groups excluding carboxylic acids is 1. The average Bonchev–Trinajstić information content (AvgIpc) is 2.74. The number of thiazole rings is 1. The largest absolute Gasteiger partial charge is 0.480 e. The van der Waals surface area contributed by atoms with Crippen LogP contribution >= 0.6 is 11.3 Å². The number of halogens is 1. The Labute approximate surface area is 102 Å². The predicted molar refractivity (Wildman–Crippen MR) is 61.0 cm³/mol. The minimum Gasteiger partial charge on any atom is -0.480 e. The van der Waals surface area contributed by atoms with Crippen LogP contribution in [0.4, 0.5) is 4.39 Å². The number of aryl methyl sites for hydroxylation is 1. The Kier molecular flexibility index (Phi) is 5.02. The zero-order valence-corrected chi connectivity index (χ0v) is 10.1. The Morgan fingerprint density at radius 2 is 2.35 bits per heavy atom. The number of nitrogens with one attached hydrogen (secondary N) is 1. The molecule has 1 amide bonds. The minimum atomic E-state index is -1.50. The third-order valence-electron chi connectivity index (χ3n) is 2.00. The highest BCUT2D eigenvalue weighted by molar-refractivity contribution is 7.13. The monoisotopic (exact) mass is 260 g/mol. The molecule has 1 aromatic heterocycles. The average molecular weight is 260 g/mol. The molecule has 1 heterocycles. The molecule has 7 heteroatoms. The number of carboxylic acids is 1. The number of aromatic nitrogens is 1. The lowest BCUT2D eigenvalue weighted by atomic mass is 10.3. The van der Waals surface area contributed by atoms with Crippen LogP contribution in [0.1, 0.15) is 28.0 Å². The summed E-state index contributed by atoms with van der Waals surface area (Å²) in [6.45, 7) is 0.854. The van der Waals surface area contributed by atoms with Crippen molar-refractivity contribution in [3.8, 4) is 0 Å². The highest BCUT2D eigenvalue weighted by Gasteiger charge is 2.21. The molecule has 0 bridgehead atoms. The van der Waals surface area contributed by atoms with Gasteiger partial charge in [0.05, 0.1) is 11.2 Å². The molecule has 0 saturated carbocycles. The number of hydrogen-bond acceptors (Lipinski definition) is 4. The first-order chi connectivity index (χ1) is 8.08. The van der Waals surface area contributed by atoms with Gasteiger partial charge in [-0.05, 0) is 12.8 Å². The van der Waals surface area contributed by atoms with Gasteiger partial charge in [-0.25, -0.2) is 14.2 Å². The second-order valence-electron chi connectivity index (χ2n) is 3.39. The number of carboxylic acid groups (broad SMARTS) is 1. The van der Waals surface area contributed by atoms with Gasteiger partial charge in [0.25, 0.3) is 5.91 Å². The van der Waals surface area contributed by atoms with Gasteiger partial charge in [-0.1, -0.05) is 6.92 Å². The number of carbonyl (C=O) groups is 2.